The topological polar surface area (TPSA) is 81.9 Å². The van der Waals surface area contributed by atoms with Crippen molar-refractivity contribution < 1.29 is 19.4 Å². The van der Waals surface area contributed by atoms with E-state index in [2.05, 4.69) is 10.5 Å². The first-order valence-electron chi connectivity index (χ1n) is 6.66. The van der Waals surface area contributed by atoms with Crippen LogP contribution >= 0.6 is 0 Å². The van der Waals surface area contributed by atoms with Crippen LogP contribution in [0.4, 0.5) is 10.1 Å². The number of hydrogen-bond donors (Lipinski definition) is 3. The van der Waals surface area contributed by atoms with E-state index in [4.69, 9.17) is 5.11 Å². The molecule has 22 heavy (non-hydrogen) atoms. The van der Waals surface area contributed by atoms with Gasteiger partial charge in [-0.15, -0.1) is 0 Å². The van der Waals surface area contributed by atoms with Crippen molar-refractivity contribution in [2.75, 3.05) is 5.43 Å². The SMILES string of the molecule is CC/C(=N\Nc1ccc(C(=O)O)cc1)c1cc(F)ccc1O. The molecule has 6 heteroatoms. The number of carboxylic acid groups (broad SMARTS) is 1. The molecule has 0 radical (unpaired) electrons. The van der Waals surface area contributed by atoms with Crippen LogP contribution in [-0.2, 0) is 0 Å². The standard InChI is InChI=1S/C16H15FN2O3/c1-2-14(13-9-11(17)5-8-15(13)20)19-18-12-6-3-10(4-7-12)16(21)22/h3-9,18,20H,2H2,1H3,(H,21,22)/b19-14+. The molecule has 2 rings (SSSR count). The van der Waals surface area contributed by atoms with Crippen molar-refractivity contribution in [3.8, 4) is 5.75 Å². The van der Waals surface area contributed by atoms with E-state index < -0.39 is 11.8 Å². The van der Waals surface area contributed by atoms with Gasteiger partial charge >= 0.3 is 5.97 Å². The number of nitrogens with zero attached hydrogens (tertiary/aromatic N) is 1. The van der Waals surface area contributed by atoms with Crippen LogP contribution in [0.1, 0.15) is 29.3 Å². The molecule has 0 aromatic heterocycles. The lowest BCUT2D eigenvalue weighted by Gasteiger charge is -2.08. The summed E-state index contributed by atoms with van der Waals surface area (Å²) in [7, 11) is 0. The van der Waals surface area contributed by atoms with Gasteiger partial charge in [-0.2, -0.15) is 5.10 Å². The van der Waals surface area contributed by atoms with Crippen molar-refractivity contribution in [2.45, 2.75) is 13.3 Å². The highest BCUT2D eigenvalue weighted by molar-refractivity contribution is 6.03. The fourth-order valence-corrected chi connectivity index (χ4v) is 1.89. The molecule has 0 atom stereocenters. The smallest absolute Gasteiger partial charge is 0.335 e. The second-order valence-electron chi connectivity index (χ2n) is 4.57. The molecule has 5 nitrogen and oxygen atoms in total. The monoisotopic (exact) mass is 302 g/mol. The average molecular weight is 302 g/mol. The number of phenols is 1. The van der Waals surface area contributed by atoms with E-state index in [-0.39, 0.29) is 11.3 Å². The molecule has 0 aliphatic rings. The maximum Gasteiger partial charge on any atom is 0.335 e. The number of benzene rings is 2. The van der Waals surface area contributed by atoms with E-state index >= 15 is 0 Å². The molecule has 0 aliphatic heterocycles. The lowest BCUT2D eigenvalue weighted by atomic mass is 10.1. The molecule has 0 aliphatic carbocycles. The lowest BCUT2D eigenvalue weighted by Crippen LogP contribution is -2.04. The highest BCUT2D eigenvalue weighted by Gasteiger charge is 2.09. The Labute approximate surface area is 126 Å². The lowest BCUT2D eigenvalue weighted by molar-refractivity contribution is 0.0697. The first kappa shape index (κ1) is 15.5. The number of nitrogens with one attached hydrogen (secondary N) is 1. The molecule has 0 amide bonds. The van der Waals surface area contributed by atoms with Gasteiger partial charge in [0.1, 0.15) is 11.6 Å². The molecule has 0 saturated heterocycles. The largest absolute Gasteiger partial charge is 0.507 e. The van der Waals surface area contributed by atoms with Gasteiger partial charge in [0, 0.05) is 5.56 Å². The van der Waals surface area contributed by atoms with Crippen molar-refractivity contribution in [1.82, 2.24) is 0 Å². The number of hydrogen-bond acceptors (Lipinski definition) is 4. The zero-order valence-corrected chi connectivity index (χ0v) is 11.9. The van der Waals surface area contributed by atoms with E-state index in [1.807, 2.05) is 6.92 Å². The molecular formula is C16H15FN2O3. The van der Waals surface area contributed by atoms with Gasteiger partial charge in [0.05, 0.1) is 17.0 Å². The van der Waals surface area contributed by atoms with E-state index in [9.17, 15) is 14.3 Å². The third kappa shape index (κ3) is 3.60. The molecule has 0 heterocycles. The molecule has 114 valence electrons. The fraction of sp³-hybridized carbons (Fsp3) is 0.125. The van der Waals surface area contributed by atoms with Gasteiger partial charge < -0.3 is 10.2 Å². The Morgan fingerprint density at radius 1 is 1.23 bits per heavy atom. The van der Waals surface area contributed by atoms with E-state index in [1.165, 1.54) is 30.3 Å². The first-order chi connectivity index (χ1) is 10.5. The van der Waals surface area contributed by atoms with E-state index in [0.29, 0.717) is 23.4 Å². The number of phenolic OH excluding ortho intramolecular Hbond substituents is 1. The Morgan fingerprint density at radius 2 is 1.91 bits per heavy atom. The summed E-state index contributed by atoms with van der Waals surface area (Å²) in [6, 6.07) is 9.71. The van der Waals surface area contributed by atoms with Gasteiger partial charge in [-0.1, -0.05) is 6.92 Å². The Balaban J connectivity index is 2.22. The van der Waals surface area contributed by atoms with Gasteiger partial charge in [0.25, 0.3) is 0 Å². The minimum absolute atomic E-state index is 0.0509. The van der Waals surface area contributed by atoms with Crippen LogP contribution in [-0.4, -0.2) is 21.9 Å². The molecule has 2 aromatic carbocycles. The van der Waals surface area contributed by atoms with Crippen molar-refractivity contribution in [2.24, 2.45) is 5.10 Å². The predicted octanol–water partition coefficient (Wildman–Crippen LogP) is 3.46. The Morgan fingerprint density at radius 3 is 2.50 bits per heavy atom. The molecule has 0 unspecified atom stereocenters. The first-order valence-corrected chi connectivity index (χ1v) is 6.66. The predicted molar refractivity (Wildman–Crippen MR) is 81.9 cm³/mol. The number of rotatable bonds is 5. The van der Waals surface area contributed by atoms with E-state index in [1.54, 1.807) is 12.1 Å². The molecular weight excluding hydrogens is 287 g/mol. The Hall–Kier alpha value is -2.89. The van der Waals surface area contributed by atoms with Crippen LogP contribution < -0.4 is 5.43 Å². The van der Waals surface area contributed by atoms with Crippen LogP contribution in [0, 0.1) is 5.82 Å². The van der Waals surface area contributed by atoms with Crippen molar-refractivity contribution in [3.63, 3.8) is 0 Å². The van der Waals surface area contributed by atoms with Crippen LogP contribution in [0.15, 0.2) is 47.6 Å². The third-order valence-corrected chi connectivity index (χ3v) is 3.06. The molecule has 0 spiro atoms. The number of carbonyl (C=O) groups is 1. The fourth-order valence-electron chi connectivity index (χ4n) is 1.89. The van der Waals surface area contributed by atoms with Crippen molar-refractivity contribution >= 4 is 17.4 Å². The van der Waals surface area contributed by atoms with Gasteiger partial charge in [0.15, 0.2) is 0 Å². The molecule has 2 aromatic rings. The molecule has 0 saturated carbocycles. The summed E-state index contributed by atoms with van der Waals surface area (Å²) in [6.07, 6.45) is 0.483. The van der Waals surface area contributed by atoms with Gasteiger partial charge in [-0.05, 0) is 48.9 Å². The summed E-state index contributed by atoms with van der Waals surface area (Å²) in [5.74, 6) is -1.52. The quantitative estimate of drug-likeness (QED) is 0.583. The number of carboxylic acids is 1. The average Bonchev–Trinajstić information content (AvgIpc) is 2.51. The van der Waals surface area contributed by atoms with Crippen molar-refractivity contribution in [1.29, 1.82) is 0 Å². The number of halogens is 1. The molecule has 0 fully saturated rings. The van der Waals surface area contributed by atoms with Gasteiger partial charge in [-0.3, -0.25) is 5.43 Å². The highest BCUT2D eigenvalue weighted by atomic mass is 19.1. The second kappa shape index (κ2) is 6.71. The van der Waals surface area contributed by atoms with Crippen LogP contribution in [0.5, 0.6) is 5.75 Å². The number of hydrazone groups is 1. The molecule has 0 bridgehead atoms. The maximum absolute atomic E-state index is 13.3. The third-order valence-electron chi connectivity index (χ3n) is 3.06. The Kier molecular flexibility index (Phi) is 4.73. The zero-order valence-electron chi connectivity index (χ0n) is 11.9. The van der Waals surface area contributed by atoms with Crippen LogP contribution in [0.25, 0.3) is 0 Å². The zero-order chi connectivity index (χ0) is 16.1. The van der Waals surface area contributed by atoms with Crippen molar-refractivity contribution in [3.05, 3.63) is 59.4 Å². The summed E-state index contributed by atoms with van der Waals surface area (Å²) < 4.78 is 13.3. The molecule has 3 N–H and O–H groups in total. The number of aromatic hydroxyl groups is 1. The minimum atomic E-state index is -1.01. The number of anilines is 1. The summed E-state index contributed by atoms with van der Waals surface area (Å²) in [6.45, 7) is 1.83. The summed E-state index contributed by atoms with van der Waals surface area (Å²) in [4.78, 5) is 10.8. The Bertz CT molecular complexity index is 712. The number of aromatic carboxylic acids is 1. The van der Waals surface area contributed by atoms with Crippen LogP contribution in [0.3, 0.4) is 0 Å². The minimum Gasteiger partial charge on any atom is -0.507 e. The summed E-state index contributed by atoms with van der Waals surface area (Å²) in [5, 5.41) is 22.8. The summed E-state index contributed by atoms with van der Waals surface area (Å²) in [5.41, 5.74) is 4.33. The van der Waals surface area contributed by atoms with E-state index in [0.717, 1.165) is 0 Å². The van der Waals surface area contributed by atoms with Crippen LogP contribution in [0.2, 0.25) is 0 Å². The van der Waals surface area contributed by atoms with Gasteiger partial charge in [-0.25, -0.2) is 9.18 Å². The van der Waals surface area contributed by atoms with Gasteiger partial charge in [0.2, 0.25) is 0 Å². The maximum atomic E-state index is 13.3. The normalized spacial score (nSPS) is 11.3. The summed E-state index contributed by atoms with van der Waals surface area (Å²) >= 11 is 0. The highest BCUT2D eigenvalue weighted by Crippen LogP contribution is 2.20. The second-order valence-corrected chi connectivity index (χ2v) is 4.57.